The molecular weight excluding hydrogens is 345 g/mol. The number of amides is 1. The molecule has 144 valence electrons. The third kappa shape index (κ3) is 4.95. The Morgan fingerprint density at radius 1 is 1.23 bits per heavy atom. The number of carbonyl (C=O) groups is 1. The van der Waals surface area contributed by atoms with Crippen LogP contribution in [0.4, 0.5) is 19.1 Å². The fourth-order valence-electron chi connectivity index (χ4n) is 2.70. The molecule has 0 bridgehead atoms. The second kappa shape index (κ2) is 6.89. The van der Waals surface area contributed by atoms with Crippen LogP contribution in [-0.2, 0) is 11.3 Å². The van der Waals surface area contributed by atoms with Gasteiger partial charge in [0.2, 0.25) is 11.9 Å². The van der Waals surface area contributed by atoms with Gasteiger partial charge < -0.3 is 0 Å². The van der Waals surface area contributed by atoms with Crippen LogP contribution in [0, 0.1) is 5.41 Å². The summed E-state index contributed by atoms with van der Waals surface area (Å²) in [4.78, 5) is 20.7. The van der Waals surface area contributed by atoms with Gasteiger partial charge in [0.05, 0.1) is 0 Å². The van der Waals surface area contributed by atoms with Gasteiger partial charge in [-0.25, -0.2) is 9.97 Å². The van der Waals surface area contributed by atoms with Gasteiger partial charge in [-0.05, 0) is 30.4 Å². The van der Waals surface area contributed by atoms with Crippen molar-refractivity contribution in [2.75, 3.05) is 5.32 Å². The van der Waals surface area contributed by atoms with Crippen molar-refractivity contribution in [1.29, 1.82) is 0 Å². The molecule has 1 aliphatic carbocycles. The third-order valence-corrected chi connectivity index (χ3v) is 3.89. The van der Waals surface area contributed by atoms with Crippen LogP contribution in [0.25, 0.3) is 11.2 Å². The Labute approximate surface area is 151 Å². The normalized spacial score (nSPS) is 15.0. The minimum Gasteiger partial charge on any atom is -0.296 e. The number of anilines is 1. The van der Waals surface area contributed by atoms with Crippen LogP contribution in [0.5, 0.6) is 0 Å². The zero-order valence-electron chi connectivity index (χ0n) is 14.4. The van der Waals surface area contributed by atoms with Gasteiger partial charge in [-0.1, -0.05) is 28.2 Å². The molecule has 2 aromatic heterocycles. The molecular formula is C18H25F3N4O. The van der Waals surface area contributed by atoms with Crippen molar-refractivity contribution in [3.8, 4) is 0 Å². The van der Waals surface area contributed by atoms with Crippen molar-refractivity contribution >= 4 is 23.0 Å². The number of rotatable bonds is 4. The fraction of sp³-hybridized carbons (Fsp3) is 0.611. The van der Waals surface area contributed by atoms with Gasteiger partial charge in [0.1, 0.15) is 12.1 Å². The van der Waals surface area contributed by atoms with Crippen LogP contribution >= 0.6 is 0 Å². The van der Waals surface area contributed by atoms with E-state index in [-0.39, 0.29) is 36.8 Å². The van der Waals surface area contributed by atoms with E-state index in [0.29, 0.717) is 11.4 Å². The highest BCUT2D eigenvalue weighted by molar-refractivity contribution is 5.91. The summed E-state index contributed by atoms with van der Waals surface area (Å²) < 4.78 is 40.0. The number of alkyl halides is 3. The number of nitrogens with one attached hydrogen (secondary N) is 1. The lowest BCUT2D eigenvalue weighted by molar-refractivity contribution is -0.139. The Balaban J connectivity index is 0.00000243. The quantitative estimate of drug-likeness (QED) is 0.834. The zero-order valence-corrected chi connectivity index (χ0v) is 14.4. The molecule has 0 unspecified atom stereocenters. The van der Waals surface area contributed by atoms with Crippen molar-refractivity contribution in [1.82, 2.24) is 14.5 Å². The average Bonchev–Trinajstić information content (AvgIpc) is 3.22. The molecule has 0 aromatic carbocycles. The Hall–Kier alpha value is -2.12. The molecule has 0 spiro atoms. The van der Waals surface area contributed by atoms with Crippen LogP contribution < -0.4 is 5.32 Å². The number of imidazole rings is 1. The minimum absolute atomic E-state index is 0. The maximum atomic E-state index is 13.0. The Morgan fingerprint density at radius 2 is 1.88 bits per heavy atom. The maximum Gasteiger partial charge on any atom is 0.406 e. The van der Waals surface area contributed by atoms with Crippen molar-refractivity contribution in [3.05, 3.63) is 17.8 Å². The maximum absolute atomic E-state index is 13.0. The largest absolute Gasteiger partial charge is 0.406 e. The molecule has 2 aromatic rings. The monoisotopic (exact) mass is 370 g/mol. The van der Waals surface area contributed by atoms with E-state index in [0.717, 1.165) is 23.1 Å². The van der Waals surface area contributed by atoms with Crippen LogP contribution in [0.15, 0.2) is 12.1 Å². The predicted octanol–water partition coefficient (Wildman–Crippen LogP) is 4.88. The second-order valence-corrected chi connectivity index (χ2v) is 7.78. The zero-order chi connectivity index (χ0) is 18.4. The molecule has 8 heteroatoms. The van der Waals surface area contributed by atoms with E-state index in [1.165, 1.54) is 0 Å². The van der Waals surface area contributed by atoms with Gasteiger partial charge in [0.25, 0.3) is 0 Å². The standard InChI is InChI=1S/C17H21F3N4O.CH4/c1-16(2,3)8-13(25)23-15-22-12-7-6-11(10-4-5-10)21-14(12)24(15)9-17(18,19)20;/h6-7,10H,4-5,8-9H2,1-3H3,(H,22,23,25);1H4. The topological polar surface area (TPSA) is 59.8 Å². The number of fused-ring (bicyclic) bond motifs is 1. The number of hydrogen-bond acceptors (Lipinski definition) is 3. The molecule has 1 N–H and O–H groups in total. The summed E-state index contributed by atoms with van der Waals surface area (Å²) in [5, 5.41) is 2.52. The van der Waals surface area contributed by atoms with Gasteiger partial charge in [-0.15, -0.1) is 0 Å². The number of aromatic nitrogens is 3. The lowest BCUT2D eigenvalue weighted by Crippen LogP contribution is -2.24. The van der Waals surface area contributed by atoms with Crippen LogP contribution in [0.1, 0.15) is 59.1 Å². The summed E-state index contributed by atoms with van der Waals surface area (Å²) in [5.74, 6) is -0.159. The fourth-order valence-corrected chi connectivity index (χ4v) is 2.70. The molecule has 0 saturated heterocycles. The second-order valence-electron chi connectivity index (χ2n) is 7.78. The first-order valence-corrected chi connectivity index (χ1v) is 8.26. The summed E-state index contributed by atoms with van der Waals surface area (Å²) in [7, 11) is 0. The number of halogens is 3. The summed E-state index contributed by atoms with van der Waals surface area (Å²) in [6.45, 7) is 4.41. The van der Waals surface area contributed by atoms with Gasteiger partial charge in [-0.2, -0.15) is 13.2 Å². The number of nitrogens with zero attached hydrogens (tertiary/aromatic N) is 3. The minimum atomic E-state index is -4.44. The Bertz CT molecular complexity index is 801. The van der Waals surface area contributed by atoms with Crippen molar-refractivity contribution in [3.63, 3.8) is 0 Å². The van der Waals surface area contributed by atoms with E-state index < -0.39 is 12.7 Å². The third-order valence-electron chi connectivity index (χ3n) is 3.89. The number of hydrogen-bond donors (Lipinski definition) is 1. The van der Waals surface area contributed by atoms with E-state index in [1.807, 2.05) is 20.8 Å². The molecule has 5 nitrogen and oxygen atoms in total. The Kier molecular flexibility index (Phi) is 5.35. The first kappa shape index (κ1) is 20.2. The van der Waals surface area contributed by atoms with Crippen LogP contribution in [0.3, 0.4) is 0 Å². The number of pyridine rings is 1. The summed E-state index contributed by atoms with van der Waals surface area (Å²) in [5.41, 5.74) is 1.01. The van der Waals surface area contributed by atoms with Gasteiger partial charge >= 0.3 is 6.18 Å². The molecule has 26 heavy (non-hydrogen) atoms. The van der Waals surface area contributed by atoms with E-state index in [1.54, 1.807) is 12.1 Å². The smallest absolute Gasteiger partial charge is 0.296 e. The van der Waals surface area contributed by atoms with Crippen molar-refractivity contribution in [2.24, 2.45) is 5.41 Å². The van der Waals surface area contributed by atoms with E-state index >= 15 is 0 Å². The van der Waals surface area contributed by atoms with Crippen molar-refractivity contribution < 1.29 is 18.0 Å². The molecule has 1 amide bonds. The highest BCUT2D eigenvalue weighted by Gasteiger charge is 2.32. The van der Waals surface area contributed by atoms with Crippen LogP contribution in [-0.4, -0.2) is 26.6 Å². The lowest BCUT2D eigenvalue weighted by atomic mass is 9.92. The molecule has 0 aliphatic heterocycles. The van der Waals surface area contributed by atoms with Gasteiger partial charge in [0.15, 0.2) is 5.65 Å². The highest BCUT2D eigenvalue weighted by atomic mass is 19.4. The van der Waals surface area contributed by atoms with Gasteiger partial charge in [0, 0.05) is 18.0 Å². The van der Waals surface area contributed by atoms with Crippen LogP contribution in [0.2, 0.25) is 0 Å². The summed E-state index contributed by atoms with van der Waals surface area (Å²) in [6, 6.07) is 3.47. The summed E-state index contributed by atoms with van der Waals surface area (Å²) >= 11 is 0. The van der Waals surface area contributed by atoms with E-state index in [4.69, 9.17) is 0 Å². The van der Waals surface area contributed by atoms with E-state index in [9.17, 15) is 18.0 Å². The van der Waals surface area contributed by atoms with Crippen molar-refractivity contribution in [2.45, 2.75) is 66.1 Å². The molecule has 0 atom stereocenters. The Morgan fingerprint density at radius 3 is 2.42 bits per heavy atom. The molecule has 1 fully saturated rings. The average molecular weight is 370 g/mol. The first-order chi connectivity index (χ1) is 11.5. The lowest BCUT2D eigenvalue weighted by Gasteiger charge is -2.17. The van der Waals surface area contributed by atoms with E-state index in [2.05, 4.69) is 15.3 Å². The SMILES string of the molecule is C.CC(C)(C)CC(=O)Nc1nc2ccc(C3CC3)nc2n1CC(F)(F)F. The molecule has 2 heterocycles. The summed E-state index contributed by atoms with van der Waals surface area (Å²) in [6.07, 6.45) is -2.25. The number of carbonyl (C=O) groups excluding carboxylic acids is 1. The molecule has 1 aliphatic rings. The highest BCUT2D eigenvalue weighted by Crippen LogP contribution is 2.39. The molecule has 1 saturated carbocycles. The molecule has 3 rings (SSSR count). The van der Waals surface area contributed by atoms with Gasteiger partial charge in [-0.3, -0.25) is 14.7 Å². The molecule has 0 radical (unpaired) electrons. The predicted molar refractivity (Wildman–Crippen MR) is 95.0 cm³/mol. The first-order valence-electron chi connectivity index (χ1n) is 8.26.